The molecule has 0 aliphatic heterocycles. The number of carbonyl (C=O) groups excluding carboxylic acids is 1. The Bertz CT molecular complexity index is 616. The van der Waals surface area contributed by atoms with Gasteiger partial charge in [0.1, 0.15) is 11.3 Å². The van der Waals surface area contributed by atoms with Crippen LogP contribution >= 0.6 is 11.6 Å². The minimum absolute atomic E-state index is 0.185. The molecule has 0 bridgehead atoms. The van der Waals surface area contributed by atoms with Crippen molar-refractivity contribution < 1.29 is 15.0 Å². The summed E-state index contributed by atoms with van der Waals surface area (Å²) in [5.41, 5.74) is 0.871. The normalized spacial score (nSPS) is 14.2. The van der Waals surface area contributed by atoms with Gasteiger partial charge in [0.05, 0.1) is 18.0 Å². The third-order valence-electron chi connectivity index (χ3n) is 2.84. The molecule has 2 rings (SSSR count). The number of aromatic nitrogens is 3. The van der Waals surface area contributed by atoms with Gasteiger partial charge in [-0.1, -0.05) is 11.6 Å². The predicted molar refractivity (Wildman–Crippen MR) is 72.3 cm³/mol. The summed E-state index contributed by atoms with van der Waals surface area (Å²) in [6.45, 7) is 1.66. The van der Waals surface area contributed by atoms with Crippen LogP contribution in [0.15, 0.2) is 18.3 Å². The highest BCUT2D eigenvalue weighted by molar-refractivity contribution is 6.29. The molecule has 0 spiro atoms. The van der Waals surface area contributed by atoms with E-state index in [-0.39, 0.29) is 24.0 Å². The van der Waals surface area contributed by atoms with E-state index in [0.717, 1.165) is 0 Å². The Labute approximate surface area is 120 Å². The first-order chi connectivity index (χ1) is 9.49. The summed E-state index contributed by atoms with van der Waals surface area (Å²) in [6, 6.07) is 3.25. The second-order valence-corrected chi connectivity index (χ2v) is 4.78. The van der Waals surface area contributed by atoms with Gasteiger partial charge < -0.3 is 15.5 Å². The van der Waals surface area contributed by atoms with Gasteiger partial charge in [-0.3, -0.25) is 4.79 Å². The highest BCUT2D eigenvalue weighted by Gasteiger charge is 2.22. The number of amides is 1. The second-order valence-electron chi connectivity index (χ2n) is 4.39. The number of hydrogen-bond acceptors (Lipinski definition) is 5. The number of imidazole rings is 1. The first-order valence-corrected chi connectivity index (χ1v) is 6.47. The lowest BCUT2D eigenvalue weighted by molar-refractivity contribution is -0.119. The van der Waals surface area contributed by atoms with Crippen LogP contribution in [0.1, 0.15) is 25.1 Å². The van der Waals surface area contributed by atoms with Gasteiger partial charge in [0.25, 0.3) is 0 Å². The fourth-order valence-corrected chi connectivity index (χ4v) is 1.96. The molecule has 2 heterocycles. The molecule has 2 aromatic heterocycles. The largest absolute Gasteiger partial charge is 0.390 e. The van der Waals surface area contributed by atoms with Crippen molar-refractivity contribution in [3.8, 4) is 0 Å². The molecule has 2 atom stereocenters. The number of nitrogens with one attached hydrogen (secondary N) is 1. The molecule has 2 aromatic rings. The molecule has 2 unspecified atom stereocenters. The molecule has 20 heavy (non-hydrogen) atoms. The molecule has 0 aromatic carbocycles. The lowest BCUT2D eigenvalue weighted by Crippen LogP contribution is -2.28. The minimum atomic E-state index is -1.16. The zero-order valence-electron chi connectivity index (χ0n) is 10.8. The molecular formula is C12H15ClN4O3. The number of nitrogens with zero attached hydrogens (tertiary/aromatic N) is 3. The number of aliphatic hydroxyl groups is 2. The van der Waals surface area contributed by atoms with Crippen LogP contribution in [0, 0.1) is 0 Å². The summed E-state index contributed by atoms with van der Waals surface area (Å²) in [4.78, 5) is 14.8. The average molecular weight is 299 g/mol. The highest BCUT2D eigenvalue weighted by Crippen LogP contribution is 2.20. The fraction of sp³-hybridized carbons (Fsp3) is 0.417. The van der Waals surface area contributed by atoms with Gasteiger partial charge in [-0.2, -0.15) is 5.10 Å². The van der Waals surface area contributed by atoms with Gasteiger partial charge >= 0.3 is 0 Å². The summed E-state index contributed by atoms with van der Waals surface area (Å²) < 4.78 is 1.38. The third-order valence-corrected chi connectivity index (χ3v) is 3.04. The second kappa shape index (κ2) is 6.17. The van der Waals surface area contributed by atoms with Crippen LogP contribution in [0.3, 0.4) is 0 Å². The molecular weight excluding hydrogens is 284 g/mol. The Morgan fingerprint density at radius 1 is 1.50 bits per heavy atom. The zero-order chi connectivity index (χ0) is 14.7. The molecule has 0 radical (unpaired) electrons. The maximum absolute atomic E-state index is 10.7. The van der Waals surface area contributed by atoms with Crippen molar-refractivity contribution in [3.63, 3.8) is 0 Å². The van der Waals surface area contributed by atoms with Crippen LogP contribution < -0.4 is 5.32 Å². The van der Waals surface area contributed by atoms with Crippen molar-refractivity contribution in [2.75, 3.05) is 6.54 Å². The van der Waals surface area contributed by atoms with Crippen molar-refractivity contribution in [2.24, 2.45) is 0 Å². The van der Waals surface area contributed by atoms with Crippen LogP contribution in [0.25, 0.3) is 5.65 Å². The van der Waals surface area contributed by atoms with Gasteiger partial charge in [-0.05, 0) is 18.6 Å². The molecule has 0 saturated carbocycles. The number of carbonyl (C=O) groups is 1. The van der Waals surface area contributed by atoms with Gasteiger partial charge in [0.2, 0.25) is 5.91 Å². The van der Waals surface area contributed by atoms with Crippen LogP contribution in [-0.4, -0.2) is 43.4 Å². The monoisotopic (exact) mass is 298 g/mol. The van der Waals surface area contributed by atoms with E-state index < -0.39 is 12.2 Å². The standard InChI is InChI=1S/C12H15ClN4O3/c1-7(18)14-5-4-9(19)12(20)8-6-15-11-3-2-10(13)16-17(8)11/h2-3,6,9,12,19-20H,4-5H2,1H3,(H,14,18). The Kier molecular flexibility index (Phi) is 4.53. The van der Waals surface area contributed by atoms with E-state index >= 15 is 0 Å². The van der Waals surface area contributed by atoms with Crippen molar-refractivity contribution in [1.82, 2.24) is 19.9 Å². The first kappa shape index (κ1) is 14.7. The number of fused-ring (bicyclic) bond motifs is 1. The molecule has 7 nitrogen and oxygen atoms in total. The van der Waals surface area contributed by atoms with Gasteiger partial charge in [0, 0.05) is 13.5 Å². The summed E-state index contributed by atoms with van der Waals surface area (Å²) >= 11 is 5.80. The van der Waals surface area contributed by atoms with E-state index in [2.05, 4.69) is 15.4 Å². The molecule has 8 heteroatoms. The van der Waals surface area contributed by atoms with Gasteiger partial charge in [0.15, 0.2) is 5.65 Å². The van der Waals surface area contributed by atoms with Crippen molar-refractivity contribution >= 4 is 23.2 Å². The van der Waals surface area contributed by atoms with Crippen LogP contribution in [-0.2, 0) is 4.79 Å². The maximum Gasteiger partial charge on any atom is 0.216 e. The summed E-state index contributed by atoms with van der Waals surface area (Å²) in [5.74, 6) is -0.185. The maximum atomic E-state index is 10.7. The topological polar surface area (TPSA) is 99.8 Å². The molecule has 0 aliphatic rings. The van der Waals surface area contributed by atoms with Crippen molar-refractivity contribution in [3.05, 3.63) is 29.2 Å². The van der Waals surface area contributed by atoms with Crippen molar-refractivity contribution in [2.45, 2.75) is 25.6 Å². The van der Waals surface area contributed by atoms with E-state index in [1.807, 2.05) is 0 Å². The first-order valence-electron chi connectivity index (χ1n) is 6.10. The molecule has 3 N–H and O–H groups in total. The van der Waals surface area contributed by atoms with E-state index in [9.17, 15) is 15.0 Å². The molecule has 0 saturated heterocycles. The number of rotatable bonds is 5. The van der Waals surface area contributed by atoms with Crippen molar-refractivity contribution in [1.29, 1.82) is 0 Å². The summed E-state index contributed by atoms with van der Waals surface area (Å²) in [6.07, 6.45) is -0.549. The number of hydrogen-bond donors (Lipinski definition) is 3. The van der Waals surface area contributed by atoms with E-state index in [4.69, 9.17) is 11.6 Å². The number of aliphatic hydroxyl groups excluding tert-OH is 2. The Morgan fingerprint density at radius 2 is 2.25 bits per heavy atom. The smallest absolute Gasteiger partial charge is 0.216 e. The molecule has 0 fully saturated rings. The zero-order valence-corrected chi connectivity index (χ0v) is 11.6. The quantitative estimate of drug-likeness (QED) is 0.737. The van der Waals surface area contributed by atoms with Crippen LogP contribution in [0.4, 0.5) is 0 Å². The van der Waals surface area contributed by atoms with E-state index in [1.54, 1.807) is 12.1 Å². The average Bonchev–Trinajstić information content (AvgIpc) is 2.80. The SMILES string of the molecule is CC(=O)NCCC(O)C(O)c1cnc2ccc(Cl)nn12. The van der Waals surface area contributed by atoms with E-state index in [1.165, 1.54) is 17.6 Å². The number of halogens is 1. The Hall–Kier alpha value is -1.70. The fourth-order valence-electron chi connectivity index (χ4n) is 1.82. The lowest BCUT2D eigenvalue weighted by atomic mass is 10.1. The minimum Gasteiger partial charge on any atom is -0.390 e. The molecule has 108 valence electrons. The van der Waals surface area contributed by atoms with Gasteiger partial charge in [-0.25, -0.2) is 9.50 Å². The lowest BCUT2D eigenvalue weighted by Gasteiger charge is -2.17. The summed E-state index contributed by atoms with van der Waals surface area (Å²) in [7, 11) is 0. The Balaban J connectivity index is 2.12. The van der Waals surface area contributed by atoms with Gasteiger partial charge in [-0.15, -0.1) is 0 Å². The predicted octanol–water partition coefficient (Wildman–Crippen LogP) is 0.303. The highest BCUT2D eigenvalue weighted by atomic mass is 35.5. The Morgan fingerprint density at radius 3 is 2.95 bits per heavy atom. The van der Waals surface area contributed by atoms with Crippen LogP contribution in [0.2, 0.25) is 5.15 Å². The molecule has 1 amide bonds. The van der Waals surface area contributed by atoms with E-state index in [0.29, 0.717) is 11.3 Å². The van der Waals surface area contributed by atoms with Crippen LogP contribution in [0.5, 0.6) is 0 Å². The molecule has 0 aliphatic carbocycles. The third kappa shape index (κ3) is 3.24. The summed E-state index contributed by atoms with van der Waals surface area (Å²) in [5, 5.41) is 26.9.